The average molecular weight is 317 g/mol. The van der Waals surface area contributed by atoms with E-state index in [9.17, 15) is 4.79 Å². The van der Waals surface area contributed by atoms with Crippen LogP contribution in [-0.2, 0) is 0 Å². The van der Waals surface area contributed by atoms with E-state index in [-0.39, 0.29) is 11.9 Å². The Hall–Kier alpha value is -3.20. The van der Waals surface area contributed by atoms with Crippen LogP contribution in [0.3, 0.4) is 0 Å². The molecule has 4 rings (SSSR count). The van der Waals surface area contributed by atoms with Gasteiger partial charge in [0.2, 0.25) is 0 Å². The van der Waals surface area contributed by atoms with Crippen LogP contribution in [0.25, 0.3) is 5.65 Å². The molecule has 0 aliphatic carbocycles. The molecule has 3 aromatic rings. The molecule has 1 aliphatic rings. The molecule has 2 aromatic heterocycles. The summed E-state index contributed by atoms with van der Waals surface area (Å²) in [5.41, 5.74) is 1.80. The number of rotatable bonds is 2. The van der Waals surface area contributed by atoms with Gasteiger partial charge in [0.1, 0.15) is 0 Å². The van der Waals surface area contributed by atoms with Gasteiger partial charge in [-0.1, -0.05) is 12.1 Å². The van der Waals surface area contributed by atoms with Crippen LogP contribution in [0, 0.1) is 11.3 Å². The summed E-state index contributed by atoms with van der Waals surface area (Å²) in [7, 11) is 0. The molecule has 1 fully saturated rings. The Labute approximate surface area is 139 Å². The summed E-state index contributed by atoms with van der Waals surface area (Å²) in [6.45, 7) is 0.683. The molecule has 3 heterocycles. The Balaban J connectivity index is 1.70. The van der Waals surface area contributed by atoms with Gasteiger partial charge < -0.3 is 4.90 Å². The quantitative estimate of drug-likeness (QED) is 0.728. The van der Waals surface area contributed by atoms with E-state index in [0.29, 0.717) is 17.7 Å². The van der Waals surface area contributed by atoms with Crippen LogP contribution in [0.15, 0.2) is 48.7 Å². The summed E-state index contributed by atoms with van der Waals surface area (Å²) in [4.78, 5) is 14.7. The van der Waals surface area contributed by atoms with E-state index in [4.69, 9.17) is 5.26 Å². The SMILES string of the molecule is N#Cc1cccc(C(=O)N2CCC[C@H]2c2nnc3ccccn23)c1. The number of hydrogen-bond acceptors (Lipinski definition) is 4. The predicted octanol–water partition coefficient (Wildman–Crippen LogP) is 2.58. The van der Waals surface area contributed by atoms with Crippen LogP contribution >= 0.6 is 0 Å². The molecule has 1 saturated heterocycles. The topological polar surface area (TPSA) is 74.3 Å². The lowest BCUT2D eigenvalue weighted by atomic mass is 10.1. The van der Waals surface area contributed by atoms with E-state index in [1.165, 1.54) is 0 Å². The van der Waals surface area contributed by atoms with Crippen molar-refractivity contribution in [3.63, 3.8) is 0 Å². The first-order chi connectivity index (χ1) is 11.8. The maximum Gasteiger partial charge on any atom is 0.254 e. The normalized spacial score (nSPS) is 17.1. The van der Waals surface area contributed by atoms with E-state index in [0.717, 1.165) is 24.3 Å². The van der Waals surface area contributed by atoms with Crippen molar-refractivity contribution in [2.24, 2.45) is 0 Å². The largest absolute Gasteiger partial charge is 0.328 e. The van der Waals surface area contributed by atoms with Crippen molar-refractivity contribution < 1.29 is 4.79 Å². The Bertz CT molecular complexity index is 955. The van der Waals surface area contributed by atoms with Crippen LogP contribution in [0.4, 0.5) is 0 Å². The van der Waals surface area contributed by atoms with Gasteiger partial charge in [-0.2, -0.15) is 5.26 Å². The number of hydrogen-bond donors (Lipinski definition) is 0. The minimum absolute atomic E-state index is 0.0673. The summed E-state index contributed by atoms with van der Waals surface area (Å²) in [5.74, 6) is 0.718. The highest BCUT2D eigenvalue weighted by Gasteiger charge is 2.33. The van der Waals surface area contributed by atoms with Gasteiger partial charge in [-0.05, 0) is 43.2 Å². The molecular formula is C18H15N5O. The van der Waals surface area contributed by atoms with E-state index in [1.807, 2.05) is 33.7 Å². The lowest BCUT2D eigenvalue weighted by Gasteiger charge is -2.23. The van der Waals surface area contributed by atoms with Gasteiger partial charge in [-0.25, -0.2) is 0 Å². The highest BCUT2D eigenvalue weighted by atomic mass is 16.2. The third kappa shape index (κ3) is 2.31. The molecule has 1 amide bonds. The summed E-state index contributed by atoms with van der Waals surface area (Å²) in [6, 6.07) is 14.5. The second kappa shape index (κ2) is 5.78. The fourth-order valence-corrected chi connectivity index (χ4v) is 3.25. The van der Waals surface area contributed by atoms with Crippen LogP contribution in [0.5, 0.6) is 0 Å². The molecule has 24 heavy (non-hydrogen) atoms. The van der Waals surface area contributed by atoms with Gasteiger partial charge in [0.05, 0.1) is 17.7 Å². The lowest BCUT2D eigenvalue weighted by Crippen LogP contribution is -2.31. The van der Waals surface area contributed by atoms with Gasteiger partial charge in [0.25, 0.3) is 5.91 Å². The zero-order chi connectivity index (χ0) is 16.5. The van der Waals surface area contributed by atoms with Crippen molar-refractivity contribution in [3.8, 4) is 6.07 Å². The molecule has 6 nitrogen and oxygen atoms in total. The molecule has 0 N–H and O–H groups in total. The van der Waals surface area contributed by atoms with Gasteiger partial charge in [-0.3, -0.25) is 9.20 Å². The first kappa shape index (κ1) is 14.4. The maximum absolute atomic E-state index is 12.9. The number of nitriles is 1. The third-order valence-corrected chi connectivity index (χ3v) is 4.39. The number of likely N-dealkylation sites (tertiary alicyclic amines) is 1. The molecule has 0 spiro atoms. The average Bonchev–Trinajstić information content (AvgIpc) is 3.27. The van der Waals surface area contributed by atoms with E-state index in [2.05, 4.69) is 16.3 Å². The summed E-state index contributed by atoms with van der Waals surface area (Å²) >= 11 is 0. The van der Waals surface area contributed by atoms with E-state index >= 15 is 0 Å². The number of aromatic nitrogens is 3. The minimum Gasteiger partial charge on any atom is -0.328 e. The number of carbonyl (C=O) groups excluding carboxylic acids is 1. The van der Waals surface area contributed by atoms with Crippen LogP contribution < -0.4 is 0 Å². The standard InChI is InChI=1S/C18H15N5O/c19-12-13-5-3-6-14(11-13)18(24)22-10-4-7-15(22)17-21-20-16-8-1-2-9-23(16)17/h1-3,5-6,8-9,11,15H,4,7,10H2/t15-/m0/s1. The molecule has 0 unspecified atom stereocenters. The lowest BCUT2D eigenvalue weighted by molar-refractivity contribution is 0.0729. The Morgan fingerprint density at radius 1 is 1.21 bits per heavy atom. The molecule has 0 saturated carbocycles. The predicted molar refractivity (Wildman–Crippen MR) is 87.2 cm³/mol. The van der Waals surface area contributed by atoms with E-state index < -0.39 is 0 Å². The maximum atomic E-state index is 12.9. The monoisotopic (exact) mass is 317 g/mol. The molecule has 6 heteroatoms. The third-order valence-electron chi connectivity index (χ3n) is 4.39. The van der Waals surface area contributed by atoms with Crippen molar-refractivity contribution in [1.29, 1.82) is 5.26 Å². The van der Waals surface area contributed by atoms with E-state index in [1.54, 1.807) is 24.3 Å². The van der Waals surface area contributed by atoms with Gasteiger partial charge in [-0.15, -0.1) is 10.2 Å². The smallest absolute Gasteiger partial charge is 0.254 e. The summed E-state index contributed by atoms with van der Waals surface area (Å²) < 4.78 is 1.93. The zero-order valence-corrected chi connectivity index (χ0v) is 13.0. The van der Waals surface area contributed by atoms with Gasteiger partial charge in [0, 0.05) is 18.3 Å². The van der Waals surface area contributed by atoms with Crippen molar-refractivity contribution in [2.45, 2.75) is 18.9 Å². The number of carbonyl (C=O) groups is 1. The molecule has 1 aromatic carbocycles. The van der Waals surface area contributed by atoms with Crippen molar-refractivity contribution in [1.82, 2.24) is 19.5 Å². The number of amides is 1. The highest BCUT2D eigenvalue weighted by Crippen LogP contribution is 2.32. The van der Waals surface area contributed by atoms with Crippen LogP contribution in [0.1, 0.15) is 40.6 Å². The molecular weight excluding hydrogens is 302 g/mol. The fourth-order valence-electron chi connectivity index (χ4n) is 3.25. The number of benzene rings is 1. The Kier molecular flexibility index (Phi) is 3.47. The summed E-state index contributed by atoms with van der Waals surface area (Å²) in [6.07, 6.45) is 3.71. The Morgan fingerprint density at radius 3 is 3.00 bits per heavy atom. The second-order valence-corrected chi connectivity index (χ2v) is 5.84. The van der Waals surface area contributed by atoms with Gasteiger partial charge >= 0.3 is 0 Å². The second-order valence-electron chi connectivity index (χ2n) is 5.84. The Morgan fingerprint density at radius 2 is 2.12 bits per heavy atom. The first-order valence-corrected chi connectivity index (χ1v) is 7.89. The highest BCUT2D eigenvalue weighted by molar-refractivity contribution is 5.95. The fraction of sp³-hybridized carbons (Fsp3) is 0.222. The number of pyridine rings is 1. The van der Waals surface area contributed by atoms with Crippen LogP contribution in [0.2, 0.25) is 0 Å². The number of fused-ring (bicyclic) bond motifs is 1. The van der Waals surface area contributed by atoms with Crippen molar-refractivity contribution >= 4 is 11.6 Å². The van der Waals surface area contributed by atoms with Gasteiger partial charge in [0.15, 0.2) is 11.5 Å². The molecule has 0 bridgehead atoms. The van der Waals surface area contributed by atoms with Crippen molar-refractivity contribution in [2.75, 3.05) is 6.54 Å². The summed E-state index contributed by atoms with van der Waals surface area (Å²) in [5, 5.41) is 17.5. The first-order valence-electron chi connectivity index (χ1n) is 7.89. The van der Waals surface area contributed by atoms with Crippen molar-refractivity contribution in [3.05, 3.63) is 65.6 Å². The number of nitrogens with zero attached hydrogens (tertiary/aromatic N) is 5. The molecule has 1 atom stereocenters. The molecule has 118 valence electrons. The van der Waals surface area contributed by atoms with Crippen LogP contribution in [-0.4, -0.2) is 31.9 Å². The zero-order valence-electron chi connectivity index (χ0n) is 13.0. The minimum atomic E-state index is -0.0966. The molecule has 0 radical (unpaired) electrons. The molecule has 1 aliphatic heterocycles.